The van der Waals surface area contributed by atoms with Gasteiger partial charge in [-0.15, -0.1) is 0 Å². The van der Waals surface area contributed by atoms with Gasteiger partial charge in [-0.25, -0.2) is 0 Å². The van der Waals surface area contributed by atoms with E-state index in [4.69, 9.17) is 5.84 Å². The summed E-state index contributed by atoms with van der Waals surface area (Å²) in [7, 11) is 0. The maximum Gasteiger partial charge on any atom is 0.269 e. The molecule has 2 rings (SSSR count). The number of amides is 1. The van der Waals surface area contributed by atoms with Crippen LogP contribution in [-0.4, -0.2) is 15.8 Å². The van der Waals surface area contributed by atoms with Crippen LogP contribution in [0, 0.1) is 10.1 Å². The first-order valence-electron chi connectivity index (χ1n) is 6.04. The second-order valence-electron chi connectivity index (χ2n) is 4.17. The maximum atomic E-state index is 12.0. The number of nitrogens with one attached hydrogen (secondary N) is 2. The largest absolute Gasteiger partial charge is 0.348 e. The number of rotatable bonds is 5. The highest BCUT2D eigenvalue weighted by atomic mass is 16.6. The summed E-state index contributed by atoms with van der Waals surface area (Å²) in [4.78, 5) is 26.0. The lowest BCUT2D eigenvalue weighted by molar-refractivity contribution is -0.384. The number of hydrazine groups is 1. The summed E-state index contributed by atoms with van der Waals surface area (Å²) in [6.07, 6.45) is 2.93. The Balaban J connectivity index is 2.02. The standard InChI is InChI=1S/C13H13N5O3/c14-17-12-8-15-6-5-11(12)13(19)16-7-9-1-3-10(4-2-9)18(20)21/h1-6,8,17H,7,14H2,(H,16,19). The van der Waals surface area contributed by atoms with Crippen LogP contribution < -0.4 is 16.6 Å². The van der Waals surface area contributed by atoms with Crippen LogP contribution in [0.2, 0.25) is 0 Å². The number of aromatic nitrogens is 1. The first-order valence-corrected chi connectivity index (χ1v) is 6.04. The van der Waals surface area contributed by atoms with Crippen LogP contribution in [0.5, 0.6) is 0 Å². The molecule has 0 saturated carbocycles. The van der Waals surface area contributed by atoms with Crippen molar-refractivity contribution in [2.24, 2.45) is 5.84 Å². The van der Waals surface area contributed by atoms with E-state index in [0.717, 1.165) is 5.56 Å². The molecule has 0 aliphatic carbocycles. The van der Waals surface area contributed by atoms with Gasteiger partial charge < -0.3 is 10.7 Å². The summed E-state index contributed by atoms with van der Waals surface area (Å²) in [5, 5.41) is 13.3. The molecule has 8 heteroatoms. The zero-order chi connectivity index (χ0) is 15.2. The molecule has 1 aromatic carbocycles. The maximum absolute atomic E-state index is 12.0. The van der Waals surface area contributed by atoms with Gasteiger partial charge in [-0.1, -0.05) is 12.1 Å². The molecule has 21 heavy (non-hydrogen) atoms. The molecule has 108 valence electrons. The van der Waals surface area contributed by atoms with Crippen molar-refractivity contribution in [2.75, 3.05) is 5.43 Å². The van der Waals surface area contributed by atoms with E-state index in [2.05, 4.69) is 15.7 Å². The molecule has 4 N–H and O–H groups in total. The number of pyridine rings is 1. The highest BCUT2D eigenvalue weighted by Gasteiger charge is 2.10. The Labute approximate surface area is 120 Å². The molecule has 0 aliphatic heterocycles. The minimum absolute atomic E-state index is 0.00817. The summed E-state index contributed by atoms with van der Waals surface area (Å²) in [5.74, 6) is 4.99. The molecule has 1 amide bonds. The third-order valence-electron chi connectivity index (χ3n) is 2.82. The van der Waals surface area contributed by atoms with E-state index in [1.807, 2.05) is 0 Å². The van der Waals surface area contributed by atoms with Gasteiger partial charge in [0.2, 0.25) is 0 Å². The van der Waals surface area contributed by atoms with Gasteiger partial charge in [-0.2, -0.15) is 0 Å². The predicted molar refractivity (Wildman–Crippen MR) is 76.3 cm³/mol. The van der Waals surface area contributed by atoms with Gasteiger partial charge in [0, 0.05) is 24.9 Å². The number of non-ortho nitro benzene ring substituents is 1. The predicted octanol–water partition coefficient (Wildman–Crippen LogP) is 1.21. The fraction of sp³-hybridized carbons (Fsp3) is 0.0769. The van der Waals surface area contributed by atoms with Crippen molar-refractivity contribution in [3.05, 3.63) is 64.0 Å². The molecule has 0 fully saturated rings. The second-order valence-corrected chi connectivity index (χ2v) is 4.17. The van der Waals surface area contributed by atoms with E-state index in [1.165, 1.54) is 24.5 Å². The number of nitro benzene ring substituents is 1. The first-order chi connectivity index (χ1) is 10.1. The van der Waals surface area contributed by atoms with E-state index in [9.17, 15) is 14.9 Å². The highest BCUT2D eigenvalue weighted by molar-refractivity contribution is 5.99. The van der Waals surface area contributed by atoms with Gasteiger partial charge >= 0.3 is 0 Å². The minimum atomic E-state index is -0.474. The van der Waals surface area contributed by atoms with E-state index < -0.39 is 4.92 Å². The average Bonchev–Trinajstić information content (AvgIpc) is 2.52. The van der Waals surface area contributed by atoms with Crippen LogP contribution in [-0.2, 0) is 6.54 Å². The second kappa shape index (κ2) is 6.44. The number of anilines is 1. The lowest BCUT2D eigenvalue weighted by Crippen LogP contribution is -2.24. The summed E-state index contributed by atoms with van der Waals surface area (Å²) < 4.78 is 0. The first kappa shape index (κ1) is 14.4. The summed E-state index contributed by atoms with van der Waals surface area (Å²) >= 11 is 0. The Morgan fingerprint density at radius 3 is 2.62 bits per heavy atom. The van der Waals surface area contributed by atoms with Crippen molar-refractivity contribution in [1.29, 1.82) is 0 Å². The minimum Gasteiger partial charge on any atom is -0.348 e. The van der Waals surface area contributed by atoms with Crippen LogP contribution >= 0.6 is 0 Å². The summed E-state index contributed by atoms with van der Waals surface area (Å²) in [6, 6.07) is 7.50. The van der Waals surface area contributed by atoms with Crippen LogP contribution in [0.25, 0.3) is 0 Å². The summed E-state index contributed by atoms with van der Waals surface area (Å²) in [6.45, 7) is 0.253. The topological polar surface area (TPSA) is 123 Å². The molecule has 0 aliphatic rings. The van der Waals surface area contributed by atoms with Gasteiger partial charge in [-0.3, -0.25) is 25.7 Å². The number of carbonyl (C=O) groups is 1. The zero-order valence-electron chi connectivity index (χ0n) is 10.9. The smallest absolute Gasteiger partial charge is 0.269 e. The molecule has 0 atom stereocenters. The Morgan fingerprint density at radius 2 is 2.00 bits per heavy atom. The average molecular weight is 287 g/mol. The molecule has 8 nitrogen and oxygen atoms in total. The number of hydrogen-bond donors (Lipinski definition) is 3. The van der Waals surface area contributed by atoms with Crippen molar-refractivity contribution >= 4 is 17.3 Å². The normalized spacial score (nSPS) is 9.95. The molecule has 0 bridgehead atoms. The molecule has 0 spiro atoms. The van der Waals surface area contributed by atoms with Crippen molar-refractivity contribution in [1.82, 2.24) is 10.3 Å². The number of benzene rings is 1. The quantitative estimate of drug-likeness (QED) is 0.431. The number of nitro groups is 1. The monoisotopic (exact) mass is 287 g/mol. The van der Waals surface area contributed by atoms with Gasteiger partial charge in [0.15, 0.2) is 0 Å². The Morgan fingerprint density at radius 1 is 1.29 bits per heavy atom. The molecule has 0 saturated heterocycles. The lowest BCUT2D eigenvalue weighted by atomic mass is 10.2. The third-order valence-corrected chi connectivity index (χ3v) is 2.82. The molecule has 0 radical (unpaired) electrons. The van der Waals surface area contributed by atoms with Crippen molar-refractivity contribution in [3.63, 3.8) is 0 Å². The lowest BCUT2D eigenvalue weighted by Gasteiger charge is -2.09. The SMILES string of the molecule is NNc1cnccc1C(=O)NCc1ccc([N+](=O)[O-])cc1. The summed E-state index contributed by atoms with van der Waals surface area (Å²) in [5.41, 5.74) is 3.94. The van der Waals surface area contributed by atoms with Gasteiger partial charge in [0.05, 0.1) is 22.4 Å². The van der Waals surface area contributed by atoms with Crippen LogP contribution in [0.15, 0.2) is 42.7 Å². The van der Waals surface area contributed by atoms with E-state index in [1.54, 1.807) is 18.2 Å². The van der Waals surface area contributed by atoms with Crippen molar-refractivity contribution < 1.29 is 9.72 Å². The Bertz CT molecular complexity index is 657. The number of nitrogens with zero attached hydrogens (tertiary/aromatic N) is 2. The van der Waals surface area contributed by atoms with E-state index in [-0.39, 0.29) is 18.1 Å². The molecular formula is C13H13N5O3. The van der Waals surface area contributed by atoms with Gasteiger partial charge in [-0.05, 0) is 11.6 Å². The zero-order valence-corrected chi connectivity index (χ0v) is 10.9. The van der Waals surface area contributed by atoms with Crippen LogP contribution in [0.3, 0.4) is 0 Å². The Hall–Kier alpha value is -3.00. The third kappa shape index (κ3) is 3.51. The highest BCUT2D eigenvalue weighted by Crippen LogP contribution is 2.13. The van der Waals surface area contributed by atoms with Gasteiger partial charge in [0.25, 0.3) is 11.6 Å². The molecule has 2 aromatic rings. The van der Waals surface area contributed by atoms with Gasteiger partial charge in [0.1, 0.15) is 0 Å². The van der Waals surface area contributed by atoms with Crippen molar-refractivity contribution in [2.45, 2.75) is 6.54 Å². The number of nitrogens with two attached hydrogens (primary N) is 1. The number of nitrogen functional groups attached to an aromatic ring is 1. The molecular weight excluding hydrogens is 274 g/mol. The van der Waals surface area contributed by atoms with Crippen LogP contribution in [0.1, 0.15) is 15.9 Å². The van der Waals surface area contributed by atoms with Crippen molar-refractivity contribution in [3.8, 4) is 0 Å². The molecule has 0 unspecified atom stereocenters. The number of hydrogen-bond acceptors (Lipinski definition) is 6. The Kier molecular flexibility index (Phi) is 4.42. The van der Waals surface area contributed by atoms with E-state index >= 15 is 0 Å². The number of carbonyl (C=O) groups excluding carboxylic acids is 1. The fourth-order valence-electron chi connectivity index (χ4n) is 1.72. The van der Waals surface area contributed by atoms with Crippen LogP contribution in [0.4, 0.5) is 11.4 Å². The molecule has 1 aromatic heterocycles. The fourth-order valence-corrected chi connectivity index (χ4v) is 1.72. The van der Waals surface area contributed by atoms with E-state index in [0.29, 0.717) is 11.3 Å². The molecule has 1 heterocycles.